The Labute approximate surface area is 139 Å². The number of carbonyl (C=O) groups is 1. The van der Waals surface area contributed by atoms with Crippen LogP contribution < -0.4 is 15.6 Å². The number of nitrogens with one attached hydrogen (secondary N) is 1. The molecule has 0 atom stereocenters. The number of fused-ring (bicyclic) bond motifs is 1. The molecule has 24 heavy (non-hydrogen) atoms. The van der Waals surface area contributed by atoms with Crippen LogP contribution in [0.15, 0.2) is 35.4 Å². The lowest BCUT2D eigenvalue weighted by Crippen LogP contribution is -2.35. The van der Waals surface area contributed by atoms with Gasteiger partial charge in [0.2, 0.25) is 0 Å². The standard InChI is InChI=1S/C17H20N4O3/c22-16(12-24-14-5-3-7-18-11-14)19-8-9-21-17(23)10-13-4-1-2-6-15(13)20-21/h3,5,7,10-11H,1-2,4,6,8-9,12H2,(H,19,22). The highest BCUT2D eigenvalue weighted by Crippen LogP contribution is 2.16. The summed E-state index contributed by atoms with van der Waals surface area (Å²) < 4.78 is 6.73. The number of amides is 1. The van der Waals surface area contributed by atoms with Gasteiger partial charge >= 0.3 is 0 Å². The zero-order chi connectivity index (χ0) is 16.8. The Kier molecular flexibility index (Phi) is 5.20. The molecule has 0 saturated carbocycles. The molecule has 1 amide bonds. The molecule has 2 heterocycles. The van der Waals surface area contributed by atoms with Gasteiger partial charge in [0.15, 0.2) is 6.61 Å². The minimum absolute atomic E-state index is 0.0851. The molecule has 0 bridgehead atoms. The molecule has 0 aromatic carbocycles. The minimum atomic E-state index is -0.245. The van der Waals surface area contributed by atoms with Crippen molar-refractivity contribution >= 4 is 5.91 Å². The fraction of sp³-hybridized carbons (Fsp3) is 0.412. The molecule has 7 nitrogen and oxygen atoms in total. The number of nitrogens with zero attached hydrogens (tertiary/aromatic N) is 3. The Bertz CT molecular complexity index is 758. The highest BCUT2D eigenvalue weighted by Gasteiger charge is 2.13. The number of aromatic nitrogens is 3. The van der Waals surface area contributed by atoms with E-state index in [9.17, 15) is 9.59 Å². The van der Waals surface area contributed by atoms with Crippen molar-refractivity contribution in [2.24, 2.45) is 0 Å². The van der Waals surface area contributed by atoms with Crippen LogP contribution in [0.3, 0.4) is 0 Å². The van der Waals surface area contributed by atoms with Crippen LogP contribution in [0.2, 0.25) is 0 Å². The summed E-state index contributed by atoms with van der Waals surface area (Å²) in [6, 6.07) is 5.15. The Morgan fingerprint density at radius 1 is 1.33 bits per heavy atom. The van der Waals surface area contributed by atoms with Gasteiger partial charge in [-0.25, -0.2) is 4.68 Å². The first-order valence-corrected chi connectivity index (χ1v) is 8.12. The summed E-state index contributed by atoms with van der Waals surface area (Å²) >= 11 is 0. The summed E-state index contributed by atoms with van der Waals surface area (Å²) in [6.45, 7) is 0.601. The van der Waals surface area contributed by atoms with Gasteiger partial charge in [0.1, 0.15) is 5.75 Å². The fourth-order valence-electron chi connectivity index (χ4n) is 2.69. The van der Waals surface area contributed by atoms with Crippen LogP contribution in [0, 0.1) is 0 Å². The minimum Gasteiger partial charge on any atom is -0.482 e. The number of hydrogen-bond donors (Lipinski definition) is 1. The third-order valence-corrected chi connectivity index (χ3v) is 3.92. The van der Waals surface area contributed by atoms with Gasteiger partial charge in [-0.15, -0.1) is 0 Å². The van der Waals surface area contributed by atoms with Gasteiger partial charge < -0.3 is 10.1 Å². The zero-order valence-corrected chi connectivity index (χ0v) is 13.4. The largest absolute Gasteiger partial charge is 0.482 e. The molecule has 0 aliphatic heterocycles. The maximum atomic E-state index is 12.0. The molecule has 1 aliphatic rings. The van der Waals surface area contributed by atoms with Crippen molar-refractivity contribution in [3.63, 3.8) is 0 Å². The average Bonchev–Trinajstić information content (AvgIpc) is 2.61. The van der Waals surface area contributed by atoms with Gasteiger partial charge in [-0.2, -0.15) is 5.10 Å². The molecular weight excluding hydrogens is 308 g/mol. The van der Waals surface area contributed by atoms with E-state index in [1.165, 1.54) is 4.68 Å². The van der Waals surface area contributed by atoms with E-state index in [2.05, 4.69) is 15.4 Å². The molecular formula is C17H20N4O3. The predicted octanol–water partition coefficient (Wildman–Crippen LogP) is 0.712. The van der Waals surface area contributed by atoms with Crippen molar-refractivity contribution in [3.05, 3.63) is 52.2 Å². The first-order chi connectivity index (χ1) is 11.7. The van der Waals surface area contributed by atoms with Crippen molar-refractivity contribution in [2.75, 3.05) is 13.2 Å². The normalized spacial score (nSPS) is 13.2. The first-order valence-electron chi connectivity index (χ1n) is 8.12. The number of ether oxygens (including phenoxy) is 1. The lowest BCUT2D eigenvalue weighted by Gasteiger charge is -2.16. The van der Waals surface area contributed by atoms with E-state index in [1.807, 2.05) is 0 Å². The van der Waals surface area contributed by atoms with Crippen molar-refractivity contribution in [3.8, 4) is 5.75 Å². The number of hydrogen-bond acceptors (Lipinski definition) is 5. The fourth-order valence-corrected chi connectivity index (χ4v) is 2.69. The molecule has 0 radical (unpaired) electrons. The van der Waals surface area contributed by atoms with E-state index < -0.39 is 0 Å². The highest BCUT2D eigenvalue weighted by molar-refractivity contribution is 5.77. The molecule has 0 saturated heterocycles. The van der Waals surface area contributed by atoms with Crippen molar-refractivity contribution in [2.45, 2.75) is 32.2 Å². The van der Waals surface area contributed by atoms with Crippen molar-refractivity contribution < 1.29 is 9.53 Å². The van der Waals surface area contributed by atoms with Crippen LogP contribution >= 0.6 is 0 Å². The Hall–Kier alpha value is -2.70. The molecule has 1 aliphatic carbocycles. The average molecular weight is 328 g/mol. The Morgan fingerprint density at radius 3 is 3.04 bits per heavy atom. The number of aryl methyl sites for hydroxylation is 2. The van der Waals surface area contributed by atoms with Gasteiger partial charge in [0.25, 0.3) is 11.5 Å². The molecule has 0 unspecified atom stereocenters. The second-order valence-electron chi connectivity index (χ2n) is 5.71. The van der Waals surface area contributed by atoms with Gasteiger partial charge in [-0.05, 0) is 43.4 Å². The quantitative estimate of drug-likeness (QED) is 0.844. The second kappa shape index (κ2) is 7.72. The molecule has 3 rings (SSSR count). The second-order valence-corrected chi connectivity index (χ2v) is 5.71. The van der Waals surface area contributed by atoms with E-state index in [4.69, 9.17) is 4.74 Å². The lowest BCUT2D eigenvalue weighted by atomic mass is 9.97. The summed E-state index contributed by atoms with van der Waals surface area (Å²) in [6.07, 6.45) is 7.26. The van der Waals surface area contributed by atoms with Crippen LogP contribution in [-0.4, -0.2) is 33.8 Å². The van der Waals surface area contributed by atoms with E-state index in [0.29, 0.717) is 18.8 Å². The zero-order valence-electron chi connectivity index (χ0n) is 13.4. The van der Waals surface area contributed by atoms with Crippen LogP contribution in [0.4, 0.5) is 0 Å². The molecule has 126 valence electrons. The SMILES string of the molecule is O=C(COc1cccnc1)NCCn1nc2c(cc1=O)CCCC2. The maximum absolute atomic E-state index is 12.0. The summed E-state index contributed by atoms with van der Waals surface area (Å²) in [4.78, 5) is 27.7. The third-order valence-electron chi connectivity index (χ3n) is 3.92. The Morgan fingerprint density at radius 2 is 2.21 bits per heavy atom. The van der Waals surface area contributed by atoms with Crippen LogP contribution in [-0.2, 0) is 24.2 Å². The maximum Gasteiger partial charge on any atom is 0.267 e. The van der Waals surface area contributed by atoms with Crippen LogP contribution in [0.25, 0.3) is 0 Å². The summed E-state index contributed by atoms with van der Waals surface area (Å²) in [5.41, 5.74) is 1.96. The number of pyridine rings is 1. The predicted molar refractivity (Wildman–Crippen MR) is 87.9 cm³/mol. The Balaban J connectivity index is 1.47. The number of carbonyl (C=O) groups excluding carboxylic acids is 1. The van der Waals surface area contributed by atoms with Crippen LogP contribution in [0.1, 0.15) is 24.1 Å². The molecule has 7 heteroatoms. The van der Waals surface area contributed by atoms with Gasteiger partial charge in [-0.1, -0.05) is 0 Å². The summed E-state index contributed by atoms with van der Waals surface area (Å²) in [7, 11) is 0. The highest BCUT2D eigenvalue weighted by atomic mass is 16.5. The van der Waals surface area contributed by atoms with Gasteiger partial charge in [-0.3, -0.25) is 14.6 Å². The molecule has 1 N–H and O–H groups in total. The van der Waals surface area contributed by atoms with Gasteiger partial charge in [0.05, 0.1) is 18.4 Å². The van der Waals surface area contributed by atoms with E-state index in [0.717, 1.165) is 36.9 Å². The molecule has 0 fully saturated rings. The first kappa shape index (κ1) is 16.2. The molecule has 2 aromatic heterocycles. The molecule has 2 aromatic rings. The van der Waals surface area contributed by atoms with Crippen molar-refractivity contribution in [1.29, 1.82) is 0 Å². The summed E-state index contributed by atoms with van der Waals surface area (Å²) in [5.74, 6) is 0.296. The van der Waals surface area contributed by atoms with E-state index >= 15 is 0 Å². The molecule has 0 spiro atoms. The van der Waals surface area contributed by atoms with Crippen molar-refractivity contribution in [1.82, 2.24) is 20.1 Å². The van der Waals surface area contributed by atoms with Crippen LogP contribution in [0.5, 0.6) is 5.75 Å². The van der Waals surface area contributed by atoms with E-state index in [1.54, 1.807) is 30.6 Å². The smallest absolute Gasteiger partial charge is 0.267 e. The monoisotopic (exact) mass is 328 g/mol. The summed E-state index contributed by atoms with van der Waals surface area (Å²) in [5, 5.41) is 7.14. The van der Waals surface area contributed by atoms with E-state index in [-0.39, 0.29) is 18.1 Å². The third kappa shape index (κ3) is 4.18. The lowest BCUT2D eigenvalue weighted by molar-refractivity contribution is -0.123. The number of rotatable bonds is 6. The topological polar surface area (TPSA) is 86.1 Å². The van der Waals surface area contributed by atoms with Gasteiger partial charge in [0, 0.05) is 18.8 Å².